The molecular formula is C28H40BrClN4O4. The maximum absolute atomic E-state index is 14.1. The van der Waals surface area contributed by atoms with Crippen molar-refractivity contribution in [2.24, 2.45) is 5.92 Å². The van der Waals surface area contributed by atoms with Gasteiger partial charge >= 0.3 is 0 Å². The molecule has 1 aromatic rings. The summed E-state index contributed by atoms with van der Waals surface area (Å²) in [6.07, 6.45) is 6.78. The van der Waals surface area contributed by atoms with Crippen molar-refractivity contribution in [3.8, 4) is 0 Å². The van der Waals surface area contributed by atoms with Crippen LogP contribution in [-0.2, 0) is 25.5 Å². The Morgan fingerprint density at radius 3 is 2.68 bits per heavy atom. The van der Waals surface area contributed by atoms with Crippen molar-refractivity contribution >= 4 is 45.3 Å². The quantitative estimate of drug-likeness (QED) is 0.497. The first kappa shape index (κ1) is 30.6. The summed E-state index contributed by atoms with van der Waals surface area (Å²) in [6, 6.07) is 3.39. The number of rotatable bonds is 5. The number of hydrogen-bond donors (Lipinski definition) is 2. The van der Waals surface area contributed by atoms with E-state index in [2.05, 4.69) is 26.6 Å². The summed E-state index contributed by atoms with van der Waals surface area (Å²) < 4.78 is 6.70. The number of amides is 3. The number of benzene rings is 1. The van der Waals surface area contributed by atoms with Gasteiger partial charge < -0.3 is 25.2 Å². The highest BCUT2D eigenvalue weighted by atomic mass is 79.9. The molecule has 10 heteroatoms. The fourth-order valence-corrected chi connectivity index (χ4v) is 5.68. The zero-order chi connectivity index (χ0) is 27.8. The normalized spacial score (nSPS) is 27.0. The SMILES string of the molecule is CN[C@H]1C/C=C\COC[C@H]2CCCN2C(=O)[C@H](Cc2cc(Cl)ccc2Br)N(C)C(=O)[C@H](CC(C)C)NC1=O. The van der Waals surface area contributed by atoms with Crippen LogP contribution in [0.25, 0.3) is 0 Å². The molecule has 0 bridgehead atoms. The molecule has 38 heavy (non-hydrogen) atoms. The van der Waals surface area contributed by atoms with E-state index >= 15 is 0 Å². The molecule has 8 nitrogen and oxygen atoms in total. The van der Waals surface area contributed by atoms with Gasteiger partial charge in [-0.1, -0.05) is 53.5 Å². The number of ether oxygens (including phenoxy) is 1. The van der Waals surface area contributed by atoms with E-state index in [1.165, 1.54) is 4.90 Å². The second-order valence-corrected chi connectivity index (χ2v) is 11.8. The number of nitrogens with one attached hydrogen (secondary N) is 2. The van der Waals surface area contributed by atoms with Gasteiger partial charge in [0.1, 0.15) is 12.1 Å². The van der Waals surface area contributed by atoms with Crippen molar-refractivity contribution in [1.29, 1.82) is 0 Å². The summed E-state index contributed by atoms with van der Waals surface area (Å²) in [5, 5.41) is 6.56. The lowest BCUT2D eigenvalue weighted by molar-refractivity contribution is -0.147. The van der Waals surface area contributed by atoms with Crippen molar-refractivity contribution in [1.82, 2.24) is 20.4 Å². The first-order valence-electron chi connectivity index (χ1n) is 13.3. The Hall–Kier alpha value is -1.94. The molecule has 3 rings (SSSR count). The molecule has 1 fully saturated rings. The molecule has 1 saturated heterocycles. The van der Waals surface area contributed by atoms with E-state index in [1.54, 1.807) is 20.2 Å². The largest absolute Gasteiger partial charge is 0.375 e. The minimum absolute atomic E-state index is 0.0474. The molecule has 4 atom stereocenters. The Bertz CT molecular complexity index is 1020. The Morgan fingerprint density at radius 2 is 1.97 bits per heavy atom. The van der Waals surface area contributed by atoms with Gasteiger partial charge in [0.25, 0.3) is 0 Å². The number of nitrogens with zero attached hydrogens (tertiary/aromatic N) is 2. The highest BCUT2D eigenvalue weighted by Crippen LogP contribution is 2.27. The smallest absolute Gasteiger partial charge is 0.246 e. The fraction of sp³-hybridized carbons (Fsp3) is 0.607. The monoisotopic (exact) mass is 610 g/mol. The first-order chi connectivity index (χ1) is 18.1. The maximum Gasteiger partial charge on any atom is 0.246 e. The predicted octanol–water partition coefficient (Wildman–Crippen LogP) is 3.56. The molecule has 0 spiro atoms. The Balaban J connectivity index is 2.01. The minimum Gasteiger partial charge on any atom is -0.375 e. The van der Waals surface area contributed by atoms with Crippen LogP contribution in [0.1, 0.15) is 45.1 Å². The summed E-state index contributed by atoms with van der Waals surface area (Å²) in [7, 11) is 3.39. The number of fused-ring (bicyclic) bond motifs is 1. The molecule has 1 aromatic carbocycles. The Labute approximate surface area is 239 Å². The molecule has 0 aliphatic carbocycles. The molecule has 2 N–H and O–H groups in total. The lowest BCUT2D eigenvalue weighted by atomic mass is 9.98. The van der Waals surface area contributed by atoms with Crippen LogP contribution in [-0.4, -0.2) is 85.5 Å². The summed E-state index contributed by atoms with van der Waals surface area (Å²) in [6.45, 7) is 5.47. The second-order valence-electron chi connectivity index (χ2n) is 10.5. The minimum atomic E-state index is -0.766. The predicted molar refractivity (Wildman–Crippen MR) is 153 cm³/mol. The average Bonchev–Trinajstić information content (AvgIpc) is 3.34. The molecule has 0 aromatic heterocycles. The van der Waals surface area contributed by atoms with Crippen molar-refractivity contribution in [2.75, 3.05) is 33.9 Å². The molecular weight excluding hydrogens is 572 g/mol. The van der Waals surface area contributed by atoms with Gasteiger partial charge in [-0.25, -0.2) is 0 Å². The van der Waals surface area contributed by atoms with Crippen molar-refractivity contribution < 1.29 is 19.1 Å². The Kier molecular flexibility index (Phi) is 11.6. The van der Waals surface area contributed by atoms with Gasteiger partial charge in [-0.05, 0) is 62.4 Å². The average molecular weight is 612 g/mol. The van der Waals surface area contributed by atoms with Crippen LogP contribution < -0.4 is 10.6 Å². The van der Waals surface area contributed by atoms with Crippen molar-refractivity contribution in [3.05, 3.63) is 45.4 Å². The van der Waals surface area contributed by atoms with Crippen LogP contribution >= 0.6 is 27.5 Å². The van der Waals surface area contributed by atoms with E-state index < -0.39 is 18.1 Å². The van der Waals surface area contributed by atoms with Gasteiger partial charge in [-0.15, -0.1) is 0 Å². The van der Waals surface area contributed by atoms with E-state index in [1.807, 2.05) is 43.0 Å². The Morgan fingerprint density at radius 1 is 1.21 bits per heavy atom. The number of halogens is 2. The third-order valence-corrected chi connectivity index (χ3v) is 8.24. The van der Waals surface area contributed by atoms with Gasteiger partial charge in [0, 0.05) is 29.5 Å². The van der Waals surface area contributed by atoms with Crippen molar-refractivity contribution in [2.45, 2.75) is 70.1 Å². The van der Waals surface area contributed by atoms with E-state index in [-0.39, 0.29) is 36.1 Å². The van der Waals surface area contributed by atoms with Gasteiger partial charge in [-0.3, -0.25) is 14.4 Å². The van der Waals surface area contributed by atoms with Crippen LogP contribution in [0.2, 0.25) is 5.02 Å². The summed E-state index contributed by atoms with van der Waals surface area (Å²) in [5.74, 6) is -0.498. The number of likely N-dealkylation sites (N-methyl/N-ethyl adjacent to an activating group) is 2. The first-order valence-corrected chi connectivity index (χ1v) is 14.5. The fourth-order valence-electron chi connectivity index (χ4n) is 5.08. The maximum atomic E-state index is 14.1. The van der Waals surface area contributed by atoms with Crippen LogP contribution in [0.4, 0.5) is 0 Å². The summed E-state index contributed by atoms with van der Waals surface area (Å²) >= 11 is 9.86. The van der Waals surface area contributed by atoms with Crippen molar-refractivity contribution in [3.63, 3.8) is 0 Å². The second kappa shape index (κ2) is 14.4. The lowest BCUT2D eigenvalue weighted by Gasteiger charge is -2.36. The van der Waals surface area contributed by atoms with Gasteiger partial charge in [-0.2, -0.15) is 0 Å². The molecule has 0 unspecified atom stereocenters. The third-order valence-electron chi connectivity index (χ3n) is 7.23. The van der Waals surface area contributed by atoms with Gasteiger partial charge in [0.15, 0.2) is 0 Å². The number of carbonyl (C=O) groups excluding carboxylic acids is 3. The van der Waals surface area contributed by atoms with E-state index in [4.69, 9.17) is 16.3 Å². The highest BCUT2D eigenvalue weighted by Gasteiger charge is 2.39. The van der Waals surface area contributed by atoms with Crippen LogP contribution in [0.3, 0.4) is 0 Å². The van der Waals surface area contributed by atoms with Gasteiger partial charge in [0.2, 0.25) is 17.7 Å². The summed E-state index contributed by atoms with van der Waals surface area (Å²) in [4.78, 5) is 44.5. The standard InChI is InChI=1S/C28H40BrClN4O4/c1-18(2)14-24-27(36)33(4)25(16-19-15-20(30)10-11-22(19)29)28(37)34-12-7-8-21(34)17-38-13-6-5-9-23(31-3)26(35)32-24/h5-6,10-11,15,18,21,23-25,31H,7-9,12-14,16-17H2,1-4H3,(H,32,35)/b6-5-/t21-,23+,24+,25+/m1/s1. The molecule has 3 amide bonds. The lowest BCUT2D eigenvalue weighted by Crippen LogP contribution is -2.58. The van der Waals surface area contributed by atoms with E-state index in [9.17, 15) is 14.4 Å². The molecule has 210 valence electrons. The van der Waals surface area contributed by atoms with Crippen LogP contribution in [0.5, 0.6) is 0 Å². The third kappa shape index (κ3) is 8.04. The zero-order valence-electron chi connectivity index (χ0n) is 22.7. The van der Waals surface area contributed by atoms with E-state index in [0.29, 0.717) is 37.6 Å². The molecule has 0 radical (unpaired) electrons. The summed E-state index contributed by atoms with van der Waals surface area (Å²) in [5.41, 5.74) is 0.835. The number of hydrogen-bond acceptors (Lipinski definition) is 5. The van der Waals surface area contributed by atoms with E-state index in [0.717, 1.165) is 22.9 Å². The molecule has 0 saturated carbocycles. The topological polar surface area (TPSA) is 91.0 Å². The molecule has 2 aliphatic heterocycles. The molecule has 2 aliphatic rings. The van der Waals surface area contributed by atoms with Crippen LogP contribution in [0.15, 0.2) is 34.8 Å². The highest BCUT2D eigenvalue weighted by molar-refractivity contribution is 9.10. The zero-order valence-corrected chi connectivity index (χ0v) is 25.1. The van der Waals surface area contributed by atoms with Crippen LogP contribution in [0, 0.1) is 5.92 Å². The van der Waals surface area contributed by atoms with Gasteiger partial charge in [0.05, 0.1) is 25.3 Å². The molecule has 2 heterocycles. The number of carbonyl (C=O) groups is 3.